The summed E-state index contributed by atoms with van der Waals surface area (Å²) in [5.41, 5.74) is 1.73. The van der Waals surface area contributed by atoms with Crippen molar-refractivity contribution < 1.29 is 18.0 Å². The fourth-order valence-corrected chi connectivity index (χ4v) is 5.28. The Balaban J connectivity index is 1.43. The van der Waals surface area contributed by atoms with Crippen molar-refractivity contribution in [2.45, 2.75) is 24.7 Å². The lowest BCUT2D eigenvalue weighted by atomic mass is 10.1. The Hall–Kier alpha value is -3.46. The average Bonchev–Trinajstić information content (AvgIpc) is 3.69. The number of allylic oxidation sites excluding steroid dienone is 1. The summed E-state index contributed by atoms with van der Waals surface area (Å²) in [6, 6.07) is 11.2. The highest BCUT2D eigenvalue weighted by molar-refractivity contribution is 7.92. The number of carbonyl (C=O) groups excluding carboxylic acids is 2. The van der Waals surface area contributed by atoms with Gasteiger partial charge in [0.05, 0.1) is 5.69 Å². The van der Waals surface area contributed by atoms with Gasteiger partial charge in [0.25, 0.3) is 15.9 Å². The van der Waals surface area contributed by atoms with Gasteiger partial charge >= 0.3 is 0 Å². The molecule has 8 nitrogen and oxygen atoms in total. The number of amides is 2. The van der Waals surface area contributed by atoms with E-state index in [9.17, 15) is 18.0 Å². The topological polar surface area (TPSA) is 99.1 Å². The van der Waals surface area contributed by atoms with Crippen molar-refractivity contribution in [2.24, 2.45) is 10.9 Å². The van der Waals surface area contributed by atoms with Crippen LogP contribution < -0.4 is 4.72 Å². The first kappa shape index (κ1) is 23.7. The molecule has 1 aliphatic heterocycles. The van der Waals surface area contributed by atoms with Crippen LogP contribution in [0.3, 0.4) is 0 Å². The number of piperazine rings is 1. The van der Waals surface area contributed by atoms with Crippen LogP contribution in [0.4, 0.5) is 11.4 Å². The summed E-state index contributed by atoms with van der Waals surface area (Å²) in [6.45, 7) is 7.43. The van der Waals surface area contributed by atoms with Gasteiger partial charge in [-0.1, -0.05) is 24.3 Å². The second-order valence-corrected chi connectivity index (χ2v) is 10.1. The molecular weight excluding hydrogens is 452 g/mol. The molecule has 34 heavy (non-hydrogen) atoms. The number of rotatable bonds is 7. The maximum Gasteiger partial charge on any atom is 0.264 e. The predicted octanol–water partition coefficient (Wildman–Crippen LogP) is 3.55. The summed E-state index contributed by atoms with van der Waals surface area (Å²) < 4.78 is 28.6. The lowest BCUT2D eigenvalue weighted by molar-refractivity contribution is -0.134. The van der Waals surface area contributed by atoms with E-state index in [1.807, 2.05) is 11.8 Å². The van der Waals surface area contributed by atoms with E-state index < -0.39 is 10.0 Å². The third-order valence-corrected chi connectivity index (χ3v) is 7.43. The highest BCUT2D eigenvalue weighted by Gasteiger charge is 2.35. The summed E-state index contributed by atoms with van der Waals surface area (Å²) in [7, 11) is -3.92. The molecule has 2 aliphatic rings. The molecule has 1 N–H and O–H groups in total. The zero-order valence-corrected chi connectivity index (χ0v) is 19.9. The Bertz CT molecular complexity index is 1230. The van der Waals surface area contributed by atoms with E-state index >= 15 is 0 Å². The van der Waals surface area contributed by atoms with E-state index in [1.54, 1.807) is 53.5 Å². The van der Waals surface area contributed by atoms with Crippen molar-refractivity contribution in [1.82, 2.24) is 9.80 Å². The first-order valence-corrected chi connectivity index (χ1v) is 12.8. The molecule has 2 fully saturated rings. The van der Waals surface area contributed by atoms with Crippen LogP contribution in [0.2, 0.25) is 0 Å². The lowest BCUT2D eigenvalue weighted by Crippen LogP contribution is -2.51. The maximum absolute atomic E-state index is 13.0. The van der Waals surface area contributed by atoms with Crippen LogP contribution >= 0.6 is 0 Å². The Morgan fingerprint density at radius 3 is 2.26 bits per heavy atom. The van der Waals surface area contributed by atoms with E-state index in [4.69, 9.17) is 0 Å². The summed E-state index contributed by atoms with van der Waals surface area (Å²) in [4.78, 5) is 32.6. The highest BCUT2D eigenvalue weighted by Crippen LogP contribution is 2.32. The number of nitrogens with zero attached hydrogens (tertiary/aromatic N) is 3. The normalized spacial score (nSPS) is 16.5. The van der Waals surface area contributed by atoms with E-state index in [0.29, 0.717) is 43.0 Å². The maximum atomic E-state index is 13.0. The van der Waals surface area contributed by atoms with Crippen molar-refractivity contribution in [2.75, 3.05) is 30.9 Å². The molecule has 178 valence electrons. The minimum Gasteiger partial charge on any atom is -0.339 e. The van der Waals surface area contributed by atoms with E-state index in [2.05, 4.69) is 16.4 Å². The SMILES string of the molecule is C=Nc1c(/C=C\C)cccc1S(=O)(=O)Nc1ccc(C(=O)N2CCN(C(=O)C3CC3)CC2)cc1. The van der Waals surface area contributed by atoms with Gasteiger partial charge in [-0.25, -0.2) is 8.42 Å². The van der Waals surface area contributed by atoms with Gasteiger partial charge in [0.2, 0.25) is 5.91 Å². The number of nitrogens with one attached hydrogen (secondary N) is 1. The molecule has 0 unspecified atom stereocenters. The van der Waals surface area contributed by atoms with Gasteiger partial charge in [-0.3, -0.25) is 19.3 Å². The highest BCUT2D eigenvalue weighted by atomic mass is 32.2. The molecule has 0 aromatic heterocycles. The number of sulfonamides is 1. The van der Waals surface area contributed by atoms with Crippen molar-refractivity contribution in [3.05, 3.63) is 59.7 Å². The van der Waals surface area contributed by atoms with Crippen LogP contribution in [0.1, 0.15) is 35.7 Å². The number of anilines is 1. The second kappa shape index (κ2) is 9.80. The number of hydrogen-bond acceptors (Lipinski definition) is 5. The van der Waals surface area contributed by atoms with Crippen molar-refractivity contribution in [1.29, 1.82) is 0 Å². The van der Waals surface area contributed by atoms with Crippen LogP contribution in [-0.4, -0.2) is 62.9 Å². The lowest BCUT2D eigenvalue weighted by Gasteiger charge is -2.35. The molecular formula is C25H28N4O4S. The molecule has 0 atom stereocenters. The minimum absolute atomic E-state index is 0.0249. The fraction of sp³-hybridized carbons (Fsp3) is 0.320. The average molecular weight is 481 g/mol. The molecule has 9 heteroatoms. The number of carbonyl (C=O) groups is 2. The molecule has 4 rings (SSSR count). The van der Waals surface area contributed by atoms with Gasteiger partial charge in [0.1, 0.15) is 4.90 Å². The van der Waals surface area contributed by atoms with Crippen molar-refractivity contribution in [3.63, 3.8) is 0 Å². The third-order valence-electron chi connectivity index (χ3n) is 6.01. The molecule has 1 saturated heterocycles. The van der Waals surface area contributed by atoms with Crippen LogP contribution in [0.5, 0.6) is 0 Å². The summed E-state index contributed by atoms with van der Waals surface area (Å²) in [6.07, 6.45) is 5.51. The van der Waals surface area contributed by atoms with E-state index in [-0.39, 0.29) is 28.3 Å². The van der Waals surface area contributed by atoms with Crippen LogP contribution in [0.25, 0.3) is 6.08 Å². The zero-order valence-electron chi connectivity index (χ0n) is 19.1. The van der Waals surface area contributed by atoms with E-state index in [0.717, 1.165) is 12.8 Å². The Kier molecular flexibility index (Phi) is 6.83. The minimum atomic E-state index is -3.92. The molecule has 2 aromatic rings. The number of para-hydroxylation sites is 1. The predicted molar refractivity (Wildman–Crippen MR) is 133 cm³/mol. The third kappa shape index (κ3) is 5.04. The van der Waals surface area contributed by atoms with Crippen LogP contribution in [0, 0.1) is 5.92 Å². The summed E-state index contributed by atoms with van der Waals surface area (Å²) in [5, 5.41) is 0. The number of aliphatic imine (C=N–C) groups is 1. The van der Waals surface area contributed by atoms with Gasteiger partial charge in [-0.2, -0.15) is 0 Å². The Labute approximate surface area is 200 Å². The largest absolute Gasteiger partial charge is 0.339 e. The van der Waals surface area contributed by atoms with E-state index in [1.165, 1.54) is 6.07 Å². The smallest absolute Gasteiger partial charge is 0.264 e. The number of hydrogen-bond donors (Lipinski definition) is 1. The van der Waals surface area contributed by atoms with Gasteiger partial charge in [0, 0.05) is 48.9 Å². The molecule has 0 spiro atoms. The van der Waals surface area contributed by atoms with Crippen LogP contribution in [-0.2, 0) is 14.8 Å². The molecule has 1 saturated carbocycles. The zero-order chi connectivity index (χ0) is 24.3. The van der Waals surface area contributed by atoms with Gasteiger partial charge in [-0.15, -0.1) is 0 Å². The summed E-state index contributed by atoms with van der Waals surface area (Å²) >= 11 is 0. The fourth-order valence-electron chi connectivity index (χ4n) is 4.03. The van der Waals surface area contributed by atoms with Gasteiger partial charge < -0.3 is 9.80 Å². The molecule has 2 amide bonds. The van der Waals surface area contributed by atoms with Gasteiger partial charge in [-0.05, 0) is 56.8 Å². The molecule has 1 heterocycles. The molecule has 1 aliphatic carbocycles. The van der Waals surface area contributed by atoms with Crippen molar-refractivity contribution in [3.8, 4) is 0 Å². The summed E-state index contributed by atoms with van der Waals surface area (Å²) in [5.74, 6) is 0.252. The quantitative estimate of drug-likeness (QED) is 0.613. The molecule has 0 bridgehead atoms. The Morgan fingerprint density at radius 1 is 1.03 bits per heavy atom. The first-order valence-electron chi connectivity index (χ1n) is 11.3. The monoisotopic (exact) mass is 480 g/mol. The molecule has 0 radical (unpaired) electrons. The van der Waals surface area contributed by atoms with Crippen LogP contribution in [0.15, 0.2) is 58.4 Å². The van der Waals surface area contributed by atoms with Gasteiger partial charge in [0.15, 0.2) is 0 Å². The van der Waals surface area contributed by atoms with Crippen molar-refractivity contribution >= 4 is 46.0 Å². The first-order chi connectivity index (χ1) is 16.3. The second-order valence-electron chi connectivity index (χ2n) is 8.43. The standard InChI is InChI=1S/C25H28N4O4S/c1-3-5-18-6-4-7-22(23(18)26-2)34(32,33)27-21-12-10-20(11-13-21)25(31)29-16-14-28(15-17-29)24(30)19-8-9-19/h3-7,10-13,19,27H,2,8-9,14-17H2,1H3/b5-3-. The Morgan fingerprint density at radius 2 is 1.68 bits per heavy atom. The molecule has 2 aromatic carbocycles. The number of benzene rings is 2.